The van der Waals surface area contributed by atoms with Crippen molar-refractivity contribution < 1.29 is 54.1 Å². The molecule has 0 saturated carbocycles. The molecule has 2 heterocycles. The minimum absolute atomic E-state index is 0. The quantitative estimate of drug-likeness (QED) is 0.246. The number of phenols is 2. The van der Waals surface area contributed by atoms with Crippen LogP contribution in [0.15, 0.2) is 18.2 Å². The number of hydrogen-bond acceptors (Lipinski definition) is 12. The second-order valence-electron chi connectivity index (χ2n) is 12.2. The smallest absolute Gasteiger partial charge is 0.202 e. The Bertz CT molecular complexity index is 1520. The maximum Gasteiger partial charge on any atom is 0.202 e. The van der Waals surface area contributed by atoms with Crippen molar-refractivity contribution in [2.75, 3.05) is 26.8 Å². The molecule has 0 radical (unpaired) electrons. The predicted octanol–water partition coefficient (Wildman–Crippen LogP) is 1.95. The van der Waals surface area contributed by atoms with Crippen LogP contribution >= 0.6 is 12.4 Å². The number of methoxy groups -OCH3 is 1. The van der Waals surface area contributed by atoms with Crippen LogP contribution in [0.3, 0.4) is 0 Å². The number of hydrogen-bond donors (Lipinski definition) is 5. The number of aliphatic hydroxyl groups excluding tert-OH is 2. The van der Waals surface area contributed by atoms with Crippen molar-refractivity contribution in [3.8, 4) is 17.2 Å². The van der Waals surface area contributed by atoms with E-state index < -0.39 is 89.6 Å². The molecule has 2 aromatic rings. The van der Waals surface area contributed by atoms with Gasteiger partial charge in [-0.15, -0.1) is 12.4 Å². The Labute approximate surface area is 265 Å². The first-order chi connectivity index (χ1) is 21.0. The van der Waals surface area contributed by atoms with Crippen molar-refractivity contribution in [1.82, 2.24) is 4.90 Å². The molecule has 2 aromatic carbocycles. The van der Waals surface area contributed by atoms with Gasteiger partial charge in [-0.05, 0) is 38.9 Å². The van der Waals surface area contributed by atoms with Crippen LogP contribution in [0.5, 0.6) is 17.2 Å². The van der Waals surface area contributed by atoms with E-state index in [1.165, 1.54) is 25.3 Å². The van der Waals surface area contributed by atoms with E-state index in [2.05, 4.69) is 4.90 Å². The Morgan fingerprint density at radius 3 is 2.42 bits per heavy atom. The molecule has 12 nitrogen and oxygen atoms in total. The van der Waals surface area contributed by atoms with E-state index in [9.17, 15) is 39.9 Å². The number of carbonyl (C=O) groups excluding carboxylic acids is 3. The van der Waals surface area contributed by atoms with Gasteiger partial charge in [0, 0.05) is 42.0 Å². The number of phenolic OH excluding ortho intramolecular Hbond substituents is 2. The zero-order valence-corrected chi connectivity index (χ0v) is 25.8. The molecule has 244 valence electrons. The molecule has 5 N–H and O–H groups in total. The van der Waals surface area contributed by atoms with Gasteiger partial charge in [0.15, 0.2) is 17.9 Å². The van der Waals surface area contributed by atoms with Gasteiger partial charge >= 0.3 is 0 Å². The van der Waals surface area contributed by atoms with Gasteiger partial charge in [0.2, 0.25) is 5.78 Å². The lowest BCUT2D eigenvalue weighted by molar-refractivity contribution is -0.259. The van der Waals surface area contributed by atoms with Gasteiger partial charge in [0.25, 0.3) is 0 Å². The van der Waals surface area contributed by atoms with E-state index in [0.717, 1.165) is 32.4 Å². The molecule has 13 heteroatoms. The van der Waals surface area contributed by atoms with Gasteiger partial charge in [-0.3, -0.25) is 19.3 Å². The highest BCUT2D eigenvalue weighted by Crippen LogP contribution is 2.52. The third kappa shape index (κ3) is 5.42. The second kappa shape index (κ2) is 12.6. The molecule has 2 saturated heterocycles. The fourth-order valence-electron chi connectivity index (χ4n) is 7.31. The number of Topliss-reactive ketones (excluding diaryl/α,β-unsaturated/α-hetero) is 1. The topological polar surface area (TPSA) is 183 Å². The first-order valence-electron chi connectivity index (χ1n) is 15.0. The summed E-state index contributed by atoms with van der Waals surface area (Å²) in [5.74, 6) is -3.60. The van der Waals surface area contributed by atoms with Crippen LogP contribution in [0.2, 0.25) is 0 Å². The summed E-state index contributed by atoms with van der Waals surface area (Å²) in [4.78, 5) is 42.5. The summed E-state index contributed by atoms with van der Waals surface area (Å²) in [6.07, 6.45) is -1.32. The fraction of sp³-hybridized carbons (Fsp3) is 0.531. The molecule has 0 amide bonds. The van der Waals surface area contributed by atoms with Crippen LogP contribution < -0.4 is 4.74 Å². The third-order valence-electron chi connectivity index (χ3n) is 9.59. The molecule has 45 heavy (non-hydrogen) atoms. The van der Waals surface area contributed by atoms with Crippen molar-refractivity contribution in [3.63, 3.8) is 0 Å². The number of piperidine rings is 1. The Morgan fingerprint density at radius 2 is 1.76 bits per heavy atom. The number of benzene rings is 2. The Kier molecular flexibility index (Phi) is 9.31. The van der Waals surface area contributed by atoms with Crippen molar-refractivity contribution in [3.05, 3.63) is 51.6 Å². The lowest BCUT2D eigenvalue weighted by Gasteiger charge is -2.46. The number of halogens is 1. The first-order valence-corrected chi connectivity index (χ1v) is 15.0. The molecule has 0 bridgehead atoms. The zero-order chi connectivity index (χ0) is 31.5. The number of nitrogens with zero attached hydrogens (tertiary/aromatic N) is 1. The summed E-state index contributed by atoms with van der Waals surface area (Å²) in [6, 6.07) is 4.14. The number of rotatable bonds is 6. The summed E-state index contributed by atoms with van der Waals surface area (Å²) in [6.45, 7) is 2.33. The second-order valence-corrected chi connectivity index (χ2v) is 12.2. The largest absolute Gasteiger partial charge is 0.507 e. The number of likely N-dealkylation sites (tertiary alicyclic amines) is 1. The summed E-state index contributed by atoms with van der Waals surface area (Å²) < 4.78 is 17.7. The maximum absolute atomic E-state index is 13.8. The van der Waals surface area contributed by atoms with E-state index in [0.29, 0.717) is 0 Å². The molecule has 2 aliphatic carbocycles. The van der Waals surface area contributed by atoms with Crippen LogP contribution in [0.1, 0.15) is 88.1 Å². The molecular formula is C32H38ClNO11. The van der Waals surface area contributed by atoms with Crippen LogP contribution in [-0.4, -0.2) is 105 Å². The molecule has 0 aromatic heterocycles. The van der Waals surface area contributed by atoms with Gasteiger partial charge in [0.1, 0.15) is 29.5 Å². The molecular weight excluding hydrogens is 610 g/mol. The van der Waals surface area contributed by atoms with Gasteiger partial charge < -0.3 is 39.7 Å². The van der Waals surface area contributed by atoms with Crippen molar-refractivity contribution in [2.45, 2.75) is 81.7 Å². The Balaban J connectivity index is 0.00000400. The van der Waals surface area contributed by atoms with E-state index in [1.807, 2.05) is 0 Å². The summed E-state index contributed by atoms with van der Waals surface area (Å²) >= 11 is 0. The van der Waals surface area contributed by atoms with Crippen molar-refractivity contribution >= 4 is 29.8 Å². The van der Waals surface area contributed by atoms with Gasteiger partial charge in [-0.2, -0.15) is 0 Å². The van der Waals surface area contributed by atoms with Crippen molar-refractivity contribution in [2.24, 2.45) is 0 Å². The van der Waals surface area contributed by atoms with E-state index in [1.54, 1.807) is 6.92 Å². The molecule has 2 fully saturated rings. The number of carbonyl (C=O) groups is 3. The first kappa shape index (κ1) is 33.3. The van der Waals surface area contributed by atoms with E-state index >= 15 is 0 Å². The van der Waals surface area contributed by atoms with Crippen LogP contribution in [0.25, 0.3) is 0 Å². The molecule has 2 aliphatic heterocycles. The predicted molar refractivity (Wildman–Crippen MR) is 160 cm³/mol. The normalized spacial score (nSPS) is 29.7. The highest BCUT2D eigenvalue weighted by molar-refractivity contribution is 6.31. The standard InChI is InChI=1S/C32H37NO11.ClH/c1-15-27(36)18(33-9-4-3-5-10-33)11-22(43-15)44-20-13-32(41,21(35)14-34)12-17-24(20)31(40)26-25(29(17)38)28(37)16-7-6-8-19(42-2)23(16)30(26)39;/h6-8,15,18,20,22,27,34,36,38,40-41H,3-5,9-14H2,1-2H3;1H/t15?,18?,20-,22?,27?,32-;/m0./s1. The SMILES string of the molecule is COc1cccc2c1C(=O)c1c(O)c3c(c(O)c1C2=O)C[C@@](O)(C(=O)CO)C[C@@H]3OC1CC(N2CCCCC2)C(O)C(C)O1.Cl. The lowest BCUT2D eigenvalue weighted by Crippen LogP contribution is -2.56. The Hall–Kier alpha value is -3.10. The molecule has 6 rings (SSSR count). The minimum Gasteiger partial charge on any atom is -0.507 e. The van der Waals surface area contributed by atoms with Crippen molar-refractivity contribution in [1.29, 1.82) is 0 Å². The fourth-order valence-corrected chi connectivity index (χ4v) is 7.31. The summed E-state index contributed by atoms with van der Waals surface area (Å²) in [7, 11) is 1.34. The van der Waals surface area contributed by atoms with Crippen LogP contribution in [0, 0.1) is 0 Å². The average Bonchev–Trinajstić information content (AvgIpc) is 3.02. The average molecular weight is 648 g/mol. The molecule has 4 unspecified atom stereocenters. The summed E-state index contributed by atoms with van der Waals surface area (Å²) in [5, 5.41) is 55.3. The van der Waals surface area contributed by atoms with Gasteiger partial charge in [-0.25, -0.2) is 0 Å². The Morgan fingerprint density at radius 1 is 1.07 bits per heavy atom. The zero-order valence-electron chi connectivity index (χ0n) is 25.0. The molecule has 4 aliphatic rings. The van der Waals surface area contributed by atoms with Gasteiger partial charge in [0.05, 0.1) is 42.1 Å². The highest BCUT2D eigenvalue weighted by atomic mass is 35.5. The van der Waals surface area contributed by atoms with Crippen LogP contribution in [0.4, 0.5) is 0 Å². The van der Waals surface area contributed by atoms with Gasteiger partial charge in [-0.1, -0.05) is 18.6 Å². The number of aliphatic hydroxyl groups is 3. The number of aromatic hydroxyl groups is 2. The molecule has 6 atom stereocenters. The minimum atomic E-state index is -2.22. The highest BCUT2D eigenvalue weighted by Gasteiger charge is 2.50. The number of ketones is 3. The monoisotopic (exact) mass is 647 g/mol. The third-order valence-corrected chi connectivity index (χ3v) is 9.59. The summed E-state index contributed by atoms with van der Waals surface area (Å²) in [5.41, 5.74) is -3.42. The van der Waals surface area contributed by atoms with Crippen LogP contribution in [-0.2, 0) is 20.7 Å². The lowest BCUT2D eigenvalue weighted by atomic mass is 9.72. The molecule has 0 spiro atoms. The number of ether oxygens (including phenoxy) is 3. The number of fused-ring (bicyclic) bond motifs is 3. The van der Waals surface area contributed by atoms with E-state index in [-0.39, 0.29) is 52.9 Å². The van der Waals surface area contributed by atoms with E-state index in [4.69, 9.17) is 14.2 Å². The maximum atomic E-state index is 13.8.